The third kappa shape index (κ3) is 1.33. The molecule has 2 atom stereocenters. The summed E-state index contributed by atoms with van der Waals surface area (Å²) in [7, 11) is 1.63. The summed E-state index contributed by atoms with van der Waals surface area (Å²) in [6.07, 6.45) is 3.79. The first-order valence-electron chi connectivity index (χ1n) is 6.23. The summed E-state index contributed by atoms with van der Waals surface area (Å²) in [5.41, 5.74) is 2.60. The fourth-order valence-electron chi connectivity index (χ4n) is 3.21. The number of aryl methyl sites for hydroxylation is 1. The summed E-state index contributed by atoms with van der Waals surface area (Å²) >= 11 is 1.72. The Morgan fingerprint density at radius 3 is 2.94 bits per heavy atom. The molecule has 0 saturated carbocycles. The molecule has 2 unspecified atom stereocenters. The maximum absolute atomic E-state index is 12.1. The summed E-state index contributed by atoms with van der Waals surface area (Å²) < 4.78 is 5.46. The number of thioether (sulfide) groups is 1. The lowest BCUT2D eigenvalue weighted by Gasteiger charge is -2.55. The minimum absolute atomic E-state index is 0.128. The molecule has 0 spiro atoms. The van der Waals surface area contributed by atoms with Gasteiger partial charge in [-0.3, -0.25) is 4.79 Å². The van der Waals surface area contributed by atoms with Crippen LogP contribution in [-0.2, 0) is 20.8 Å². The van der Waals surface area contributed by atoms with Crippen molar-refractivity contribution < 1.29 is 9.53 Å². The molecule has 3 nitrogen and oxygen atoms in total. The van der Waals surface area contributed by atoms with Gasteiger partial charge in [-0.25, -0.2) is 0 Å². The Labute approximate surface area is 111 Å². The summed E-state index contributed by atoms with van der Waals surface area (Å²) in [5.74, 6) is 0.128. The molecule has 1 amide bonds. The summed E-state index contributed by atoms with van der Waals surface area (Å²) in [5, 5.41) is 0. The van der Waals surface area contributed by atoms with Crippen molar-refractivity contribution >= 4 is 17.7 Å². The van der Waals surface area contributed by atoms with Gasteiger partial charge in [0.05, 0.1) is 0 Å². The third-order valence-corrected chi connectivity index (χ3v) is 5.30. The van der Waals surface area contributed by atoms with E-state index in [9.17, 15) is 4.79 Å². The Balaban J connectivity index is 2.17. The van der Waals surface area contributed by atoms with Crippen molar-refractivity contribution in [3.05, 3.63) is 35.4 Å². The average Bonchev–Trinajstić information content (AvgIpc) is 2.54. The zero-order chi connectivity index (χ0) is 12.8. The molecule has 1 fully saturated rings. The van der Waals surface area contributed by atoms with Gasteiger partial charge in [0.15, 0.2) is 6.10 Å². The van der Waals surface area contributed by atoms with Gasteiger partial charge in [0, 0.05) is 13.7 Å². The van der Waals surface area contributed by atoms with Gasteiger partial charge >= 0.3 is 0 Å². The monoisotopic (exact) mass is 263 g/mol. The lowest BCUT2D eigenvalue weighted by atomic mass is 9.87. The molecule has 0 radical (unpaired) electrons. The SMILES string of the molecule is COC1C(=O)N2CCCc3ccccc3C12SC. The Hall–Kier alpha value is -1.00. The number of nitrogens with zero attached hydrogens (tertiary/aromatic N) is 1. The van der Waals surface area contributed by atoms with Crippen molar-refractivity contribution in [1.82, 2.24) is 4.90 Å². The number of amides is 1. The number of fused-ring (bicyclic) bond motifs is 3. The molecule has 1 saturated heterocycles. The third-order valence-electron chi connectivity index (χ3n) is 4.02. The van der Waals surface area contributed by atoms with E-state index in [1.54, 1.807) is 18.9 Å². The van der Waals surface area contributed by atoms with Crippen molar-refractivity contribution in [3.8, 4) is 0 Å². The van der Waals surface area contributed by atoms with Crippen LogP contribution < -0.4 is 0 Å². The summed E-state index contributed by atoms with van der Waals surface area (Å²) in [6, 6.07) is 8.44. The molecule has 1 aromatic carbocycles. The van der Waals surface area contributed by atoms with Crippen LogP contribution in [0.15, 0.2) is 24.3 Å². The zero-order valence-electron chi connectivity index (χ0n) is 10.7. The number of rotatable bonds is 2. The van der Waals surface area contributed by atoms with E-state index in [0.717, 1.165) is 19.4 Å². The van der Waals surface area contributed by atoms with Crippen LogP contribution >= 0.6 is 11.8 Å². The first-order valence-corrected chi connectivity index (χ1v) is 7.46. The second-order valence-corrected chi connectivity index (χ2v) is 5.80. The number of β-lactam (4-membered cyclic amide) rings is 1. The number of carbonyl (C=O) groups excluding carboxylic acids is 1. The van der Waals surface area contributed by atoms with Crippen molar-refractivity contribution in [1.29, 1.82) is 0 Å². The van der Waals surface area contributed by atoms with Gasteiger partial charge in [0.2, 0.25) is 0 Å². The standard InChI is InChI=1S/C14H17NO2S/c1-17-12-13(16)15-9-5-7-10-6-3-4-8-11(10)14(12,15)18-2/h3-4,6,8,12H,5,7,9H2,1-2H3. The van der Waals surface area contributed by atoms with E-state index >= 15 is 0 Å². The molecule has 96 valence electrons. The number of methoxy groups -OCH3 is 1. The summed E-state index contributed by atoms with van der Waals surface area (Å²) in [4.78, 5) is 13.8. The number of ether oxygens (including phenoxy) is 1. The highest BCUT2D eigenvalue weighted by Crippen LogP contribution is 2.52. The number of hydrogen-bond acceptors (Lipinski definition) is 3. The molecule has 1 aromatic rings. The molecular weight excluding hydrogens is 246 g/mol. The van der Waals surface area contributed by atoms with Crippen molar-refractivity contribution in [3.63, 3.8) is 0 Å². The fraction of sp³-hybridized carbons (Fsp3) is 0.500. The lowest BCUT2D eigenvalue weighted by Crippen LogP contribution is -2.70. The molecule has 0 aromatic heterocycles. The van der Waals surface area contributed by atoms with Crippen molar-refractivity contribution in [2.24, 2.45) is 0 Å². The molecule has 2 aliphatic rings. The topological polar surface area (TPSA) is 29.5 Å². The van der Waals surface area contributed by atoms with E-state index in [4.69, 9.17) is 4.74 Å². The lowest BCUT2D eigenvalue weighted by molar-refractivity contribution is -0.176. The van der Waals surface area contributed by atoms with Crippen molar-refractivity contribution in [2.75, 3.05) is 19.9 Å². The Morgan fingerprint density at radius 2 is 2.22 bits per heavy atom. The summed E-state index contributed by atoms with van der Waals surface area (Å²) in [6.45, 7) is 0.828. The minimum Gasteiger partial charge on any atom is -0.368 e. The van der Waals surface area contributed by atoms with Crippen molar-refractivity contribution in [2.45, 2.75) is 23.8 Å². The highest BCUT2D eigenvalue weighted by Gasteiger charge is 2.62. The molecule has 0 N–H and O–H groups in total. The van der Waals surface area contributed by atoms with Crippen LogP contribution in [0, 0.1) is 0 Å². The van der Waals surface area contributed by atoms with Gasteiger partial charge in [0.25, 0.3) is 5.91 Å². The molecule has 2 aliphatic heterocycles. The van der Waals surface area contributed by atoms with Crippen LogP contribution in [-0.4, -0.2) is 36.8 Å². The molecule has 2 heterocycles. The maximum atomic E-state index is 12.1. The first kappa shape index (κ1) is 12.1. The van der Waals surface area contributed by atoms with E-state index < -0.39 is 0 Å². The first-order chi connectivity index (χ1) is 8.75. The van der Waals surface area contributed by atoms with Crippen LogP contribution in [0.3, 0.4) is 0 Å². The largest absolute Gasteiger partial charge is 0.368 e. The normalized spacial score (nSPS) is 30.2. The number of benzene rings is 1. The van der Waals surface area contributed by atoms with Crippen LogP contribution in [0.4, 0.5) is 0 Å². The molecule has 0 bridgehead atoms. The maximum Gasteiger partial charge on any atom is 0.256 e. The van der Waals surface area contributed by atoms with Crippen LogP contribution in [0.25, 0.3) is 0 Å². The number of hydrogen-bond donors (Lipinski definition) is 0. The highest BCUT2D eigenvalue weighted by molar-refractivity contribution is 7.99. The van der Waals surface area contributed by atoms with Gasteiger partial charge in [-0.1, -0.05) is 24.3 Å². The van der Waals surface area contributed by atoms with Gasteiger partial charge in [0.1, 0.15) is 4.87 Å². The Morgan fingerprint density at radius 1 is 1.44 bits per heavy atom. The Kier molecular flexibility index (Phi) is 2.87. The quantitative estimate of drug-likeness (QED) is 0.764. The van der Waals surface area contributed by atoms with E-state index in [-0.39, 0.29) is 16.9 Å². The predicted molar refractivity (Wildman–Crippen MR) is 72.5 cm³/mol. The number of carbonyl (C=O) groups is 1. The molecular formula is C14H17NO2S. The van der Waals surface area contributed by atoms with Crippen LogP contribution in [0.2, 0.25) is 0 Å². The predicted octanol–water partition coefficient (Wildman–Crippen LogP) is 2.01. The van der Waals surface area contributed by atoms with E-state index in [1.165, 1.54) is 11.1 Å². The molecule has 18 heavy (non-hydrogen) atoms. The Bertz CT molecular complexity index is 490. The second kappa shape index (κ2) is 4.28. The van der Waals surface area contributed by atoms with Gasteiger partial charge in [-0.05, 0) is 30.2 Å². The second-order valence-electron chi connectivity index (χ2n) is 4.77. The zero-order valence-corrected chi connectivity index (χ0v) is 11.5. The van der Waals surface area contributed by atoms with Gasteiger partial charge in [-0.2, -0.15) is 0 Å². The minimum atomic E-state index is -0.341. The van der Waals surface area contributed by atoms with E-state index in [1.807, 2.05) is 4.90 Å². The van der Waals surface area contributed by atoms with E-state index in [2.05, 4.69) is 30.5 Å². The smallest absolute Gasteiger partial charge is 0.256 e. The molecule has 4 heteroatoms. The van der Waals surface area contributed by atoms with Crippen LogP contribution in [0.1, 0.15) is 17.5 Å². The molecule has 0 aliphatic carbocycles. The van der Waals surface area contributed by atoms with Crippen LogP contribution in [0.5, 0.6) is 0 Å². The highest BCUT2D eigenvalue weighted by atomic mass is 32.2. The van der Waals surface area contributed by atoms with Gasteiger partial charge < -0.3 is 9.64 Å². The van der Waals surface area contributed by atoms with Gasteiger partial charge in [-0.15, -0.1) is 11.8 Å². The van der Waals surface area contributed by atoms with E-state index in [0.29, 0.717) is 0 Å². The fourth-order valence-corrected chi connectivity index (χ4v) is 4.45. The average molecular weight is 263 g/mol. The molecule has 3 rings (SSSR count).